The van der Waals surface area contributed by atoms with Crippen molar-refractivity contribution < 1.29 is 0 Å². The predicted octanol–water partition coefficient (Wildman–Crippen LogP) is 2.90. The van der Waals surface area contributed by atoms with Crippen molar-refractivity contribution in [1.82, 2.24) is 5.32 Å². The van der Waals surface area contributed by atoms with Crippen LogP contribution in [0.1, 0.15) is 30.9 Å². The molecule has 15 heavy (non-hydrogen) atoms. The van der Waals surface area contributed by atoms with Gasteiger partial charge in [-0.05, 0) is 43.1 Å². The van der Waals surface area contributed by atoms with E-state index in [-0.39, 0.29) is 4.87 Å². The van der Waals surface area contributed by atoms with Gasteiger partial charge in [-0.2, -0.15) is 0 Å². The monoisotopic (exact) mass is 219 g/mol. The van der Waals surface area contributed by atoms with Gasteiger partial charge in [-0.15, -0.1) is 11.8 Å². The van der Waals surface area contributed by atoms with Gasteiger partial charge in [-0.1, -0.05) is 24.3 Å². The molecule has 2 aliphatic rings. The molecule has 0 saturated carbocycles. The fourth-order valence-electron chi connectivity index (χ4n) is 2.80. The van der Waals surface area contributed by atoms with Crippen molar-refractivity contribution in [2.24, 2.45) is 0 Å². The van der Waals surface area contributed by atoms with Gasteiger partial charge in [-0.25, -0.2) is 0 Å². The minimum absolute atomic E-state index is 0.244. The second-order valence-corrected chi connectivity index (χ2v) is 6.06. The van der Waals surface area contributed by atoms with Crippen molar-refractivity contribution in [2.45, 2.75) is 37.1 Å². The van der Waals surface area contributed by atoms with Gasteiger partial charge in [0.05, 0.1) is 4.87 Å². The number of aryl methyl sites for hydroxylation is 1. The Morgan fingerprint density at radius 1 is 1.40 bits per heavy atom. The Morgan fingerprint density at radius 3 is 3.13 bits per heavy atom. The van der Waals surface area contributed by atoms with Crippen molar-refractivity contribution in [3.63, 3.8) is 0 Å². The van der Waals surface area contributed by atoms with E-state index >= 15 is 0 Å². The summed E-state index contributed by atoms with van der Waals surface area (Å²) in [7, 11) is 0. The number of rotatable bonds is 0. The zero-order valence-electron chi connectivity index (χ0n) is 9.12. The van der Waals surface area contributed by atoms with Gasteiger partial charge in [0.1, 0.15) is 0 Å². The third-order valence-corrected chi connectivity index (χ3v) is 5.05. The summed E-state index contributed by atoms with van der Waals surface area (Å²) >= 11 is 2.11. The van der Waals surface area contributed by atoms with Crippen LogP contribution in [0.4, 0.5) is 0 Å². The van der Waals surface area contributed by atoms with E-state index in [2.05, 4.69) is 48.3 Å². The third kappa shape index (κ3) is 1.51. The SMILES string of the molecule is CC1CCSC2(CCc3ccccc32)N1. The molecule has 1 spiro atoms. The first-order valence-corrected chi connectivity index (χ1v) is 6.79. The van der Waals surface area contributed by atoms with Crippen molar-refractivity contribution in [3.8, 4) is 0 Å². The van der Waals surface area contributed by atoms with Crippen LogP contribution in [-0.2, 0) is 11.3 Å². The summed E-state index contributed by atoms with van der Waals surface area (Å²) in [5.74, 6) is 1.29. The topological polar surface area (TPSA) is 12.0 Å². The van der Waals surface area contributed by atoms with Crippen LogP contribution >= 0.6 is 11.8 Å². The van der Waals surface area contributed by atoms with Crippen molar-refractivity contribution in [3.05, 3.63) is 35.4 Å². The first kappa shape index (κ1) is 9.73. The minimum Gasteiger partial charge on any atom is -0.297 e. The van der Waals surface area contributed by atoms with E-state index in [0.29, 0.717) is 6.04 Å². The predicted molar refractivity (Wildman–Crippen MR) is 66.1 cm³/mol. The lowest BCUT2D eigenvalue weighted by atomic mass is 10.1. The summed E-state index contributed by atoms with van der Waals surface area (Å²) in [6.45, 7) is 2.31. The van der Waals surface area contributed by atoms with Crippen molar-refractivity contribution in [1.29, 1.82) is 0 Å². The summed E-state index contributed by atoms with van der Waals surface area (Å²) in [6.07, 6.45) is 3.80. The normalized spacial score (nSPS) is 34.3. The summed E-state index contributed by atoms with van der Waals surface area (Å²) in [4.78, 5) is 0.244. The van der Waals surface area contributed by atoms with Gasteiger partial charge in [0.2, 0.25) is 0 Å². The van der Waals surface area contributed by atoms with E-state index in [9.17, 15) is 0 Å². The highest BCUT2D eigenvalue weighted by Gasteiger charge is 2.41. The molecule has 0 bridgehead atoms. The molecule has 1 aromatic carbocycles. The quantitative estimate of drug-likeness (QED) is 0.720. The molecule has 80 valence electrons. The molecule has 2 unspecified atom stereocenters. The van der Waals surface area contributed by atoms with Crippen LogP contribution in [-0.4, -0.2) is 11.8 Å². The van der Waals surface area contributed by atoms with Crippen molar-refractivity contribution >= 4 is 11.8 Å². The van der Waals surface area contributed by atoms with E-state index < -0.39 is 0 Å². The van der Waals surface area contributed by atoms with Gasteiger partial charge in [-0.3, -0.25) is 5.32 Å². The van der Waals surface area contributed by atoms with Gasteiger partial charge in [0.15, 0.2) is 0 Å². The van der Waals surface area contributed by atoms with E-state index in [1.165, 1.54) is 25.0 Å². The van der Waals surface area contributed by atoms with Crippen LogP contribution in [0.15, 0.2) is 24.3 Å². The molecule has 1 N–H and O–H groups in total. The fraction of sp³-hybridized carbons (Fsp3) is 0.538. The molecule has 2 atom stereocenters. The lowest BCUT2D eigenvalue weighted by molar-refractivity contribution is 0.393. The number of hydrogen-bond donors (Lipinski definition) is 1. The lowest BCUT2D eigenvalue weighted by Gasteiger charge is -2.38. The number of nitrogens with one attached hydrogen (secondary N) is 1. The second-order valence-electron chi connectivity index (χ2n) is 4.67. The van der Waals surface area contributed by atoms with Crippen LogP contribution in [0.3, 0.4) is 0 Å². The van der Waals surface area contributed by atoms with E-state index in [1.807, 2.05) is 0 Å². The number of thioether (sulfide) groups is 1. The molecule has 0 aromatic heterocycles. The van der Waals surface area contributed by atoms with E-state index in [4.69, 9.17) is 0 Å². The Bertz CT molecular complexity index is 373. The zero-order valence-corrected chi connectivity index (χ0v) is 9.94. The standard InChI is InChI=1S/C13H17NS/c1-10-7-9-15-13(14-10)8-6-11-4-2-3-5-12(11)13/h2-5,10,14H,6-9H2,1H3. The Kier molecular flexibility index (Phi) is 2.29. The highest BCUT2D eigenvalue weighted by molar-refractivity contribution is 8.00. The van der Waals surface area contributed by atoms with Gasteiger partial charge >= 0.3 is 0 Å². The fourth-order valence-corrected chi connectivity index (χ4v) is 4.50. The maximum Gasteiger partial charge on any atom is 0.0909 e. The van der Waals surface area contributed by atoms with Crippen molar-refractivity contribution in [2.75, 3.05) is 5.75 Å². The smallest absolute Gasteiger partial charge is 0.0909 e. The first-order valence-electron chi connectivity index (χ1n) is 5.80. The molecule has 1 aromatic rings. The van der Waals surface area contributed by atoms with Crippen LogP contribution in [0, 0.1) is 0 Å². The van der Waals surface area contributed by atoms with Crippen LogP contribution < -0.4 is 5.32 Å². The maximum absolute atomic E-state index is 3.81. The molecule has 1 heterocycles. The van der Waals surface area contributed by atoms with Gasteiger partial charge < -0.3 is 0 Å². The highest BCUT2D eigenvalue weighted by atomic mass is 32.2. The molecular weight excluding hydrogens is 202 g/mol. The largest absolute Gasteiger partial charge is 0.297 e. The highest BCUT2D eigenvalue weighted by Crippen LogP contribution is 2.47. The molecule has 0 radical (unpaired) electrons. The van der Waals surface area contributed by atoms with Crippen LogP contribution in [0.5, 0.6) is 0 Å². The van der Waals surface area contributed by atoms with Gasteiger partial charge in [0, 0.05) is 6.04 Å². The summed E-state index contributed by atoms with van der Waals surface area (Å²) in [6, 6.07) is 9.59. The van der Waals surface area contributed by atoms with Crippen LogP contribution in [0.2, 0.25) is 0 Å². The molecule has 1 aliphatic carbocycles. The molecule has 1 fully saturated rings. The Morgan fingerprint density at radius 2 is 2.27 bits per heavy atom. The average Bonchev–Trinajstić information content (AvgIpc) is 2.59. The Balaban J connectivity index is 2.00. The minimum atomic E-state index is 0.244. The molecule has 1 saturated heterocycles. The Hall–Kier alpha value is -0.470. The lowest BCUT2D eigenvalue weighted by Crippen LogP contribution is -2.46. The second kappa shape index (κ2) is 3.53. The van der Waals surface area contributed by atoms with Crippen LogP contribution in [0.25, 0.3) is 0 Å². The molecule has 1 nitrogen and oxygen atoms in total. The van der Waals surface area contributed by atoms with Gasteiger partial charge in [0.25, 0.3) is 0 Å². The number of fused-ring (bicyclic) bond motifs is 2. The zero-order chi connectivity index (χ0) is 10.3. The summed E-state index contributed by atoms with van der Waals surface area (Å²) in [5.41, 5.74) is 3.09. The van der Waals surface area contributed by atoms with E-state index in [0.717, 1.165) is 0 Å². The van der Waals surface area contributed by atoms with E-state index in [1.54, 1.807) is 11.1 Å². The molecule has 1 aliphatic heterocycles. The summed E-state index contributed by atoms with van der Waals surface area (Å²) < 4.78 is 0. The maximum atomic E-state index is 3.81. The number of benzene rings is 1. The first-order chi connectivity index (χ1) is 7.30. The average molecular weight is 219 g/mol. The molecule has 3 rings (SSSR count). The third-order valence-electron chi connectivity index (χ3n) is 3.58. The molecule has 2 heteroatoms. The number of hydrogen-bond acceptors (Lipinski definition) is 2. The Labute approximate surface area is 95.6 Å². The molecule has 0 amide bonds. The summed E-state index contributed by atoms with van der Waals surface area (Å²) in [5, 5.41) is 3.81. The molecular formula is C13H17NS.